The fourth-order valence-corrected chi connectivity index (χ4v) is 5.65. The smallest absolute Gasteiger partial charge is 0.306 e. The molecule has 0 saturated heterocycles. The lowest BCUT2D eigenvalue weighted by molar-refractivity contribution is -0.870. The Labute approximate surface area is 294 Å². The molecule has 0 saturated carbocycles. The predicted molar refractivity (Wildman–Crippen MR) is 194 cm³/mol. The molecule has 0 N–H and O–H groups in total. The van der Waals surface area contributed by atoms with Crippen LogP contribution in [0.25, 0.3) is 0 Å². The summed E-state index contributed by atoms with van der Waals surface area (Å²) in [5, 5.41) is 0. The van der Waals surface area contributed by atoms with Crippen molar-refractivity contribution in [1.29, 1.82) is 0 Å². The number of esters is 2. The Morgan fingerprint density at radius 2 is 1.12 bits per heavy atom. The van der Waals surface area contributed by atoms with Crippen LogP contribution >= 0.6 is 7.82 Å². The van der Waals surface area contributed by atoms with Gasteiger partial charge >= 0.3 is 11.9 Å². The molecule has 0 amide bonds. The van der Waals surface area contributed by atoms with Gasteiger partial charge in [0.25, 0.3) is 7.82 Å². The van der Waals surface area contributed by atoms with Crippen LogP contribution in [0.5, 0.6) is 0 Å². The van der Waals surface area contributed by atoms with Gasteiger partial charge in [-0.25, -0.2) is 0 Å². The van der Waals surface area contributed by atoms with Crippen molar-refractivity contribution in [3.63, 3.8) is 0 Å². The fraction of sp³-hybridized carbons (Fsp3) is 0.842. The first-order valence-corrected chi connectivity index (χ1v) is 20.5. The Hall–Kier alpha value is -1.51. The van der Waals surface area contributed by atoms with Crippen molar-refractivity contribution in [1.82, 2.24) is 0 Å². The average molecular weight is 702 g/mol. The summed E-state index contributed by atoms with van der Waals surface area (Å²) >= 11 is 0. The van der Waals surface area contributed by atoms with E-state index in [0.29, 0.717) is 17.4 Å². The maximum Gasteiger partial charge on any atom is 0.306 e. The highest BCUT2D eigenvalue weighted by atomic mass is 31.2. The van der Waals surface area contributed by atoms with E-state index in [0.717, 1.165) is 51.4 Å². The van der Waals surface area contributed by atoms with E-state index in [1.807, 2.05) is 21.1 Å². The SMILES string of the molecule is CCCCC/C=C/C/C=C/CCCCCCCCCC(=O)O[C@H](COC(=O)CCCCCCCCC)COP(=O)([O-])OCC[N+](C)(C)C. The Bertz CT molecular complexity index is 886. The molecular formula is C38H72NO8P. The molecule has 0 heterocycles. The van der Waals surface area contributed by atoms with Crippen LogP contribution in [0.3, 0.4) is 0 Å². The molecule has 0 aromatic heterocycles. The second-order valence-corrected chi connectivity index (χ2v) is 15.4. The Balaban J connectivity index is 4.37. The first kappa shape index (κ1) is 46.5. The second-order valence-electron chi connectivity index (χ2n) is 13.9. The molecule has 0 spiro atoms. The van der Waals surface area contributed by atoms with E-state index in [4.69, 9.17) is 18.5 Å². The summed E-state index contributed by atoms with van der Waals surface area (Å²) in [7, 11) is 1.16. The lowest BCUT2D eigenvalue weighted by atomic mass is 10.1. The zero-order valence-corrected chi connectivity index (χ0v) is 32.3. The van der Waals surface area contributed by atoms with E-state index in [1.54, 1.807) is 0 Å². The molecule has 0 fully saturated rings. The Morgan fingerprint density at radius 1 is 0.646 bits per heavy atom. The average Bonchev–Trinajstić information content (AvgIpc) is 3.02. The number of phosphoric ester groups is 1. The molecule has 48 heavy (non-hydrogen) atoms. The minimum Gasteiger partial charge on any atom is -0.756 e. The summed E-state index contributed by atoms with van der Waals surface area (Å²) in [6.07, 6.45) is 30.8. The molecule has 2 atom stereocenters. The summed E-state index contributed by atoms with van der Waals surface area (Å²) in [5.41, 5.74) is 0. The van der Waals surface area contributed by atoms with Gasteiger partial charge in [0, 0.05) is 12.8 Å². The minimum atomic E-state index is -4.61. The van der Waals surface area contributed by atoms with Crippen LogP contribution in [0.1, 0.15) is 155 Å². The monoisotopic (exact) mass is 701 g/mol. The number of hydrogen-bond acceptors (Lipinski definition) is 8. The van der Waals surface area contributed by atoms with E-state index < -0.39 is 32.5 Å². The van der Waals surface area contributed by atoms with Crippen LogP contribution < -0.4 is 4.89 Å². The number of phosphoric acid groups is 1. The quantitative estimate of drug-likeness (QED) is 0.0215. The van der Waals surface area contributed by atoms with Gasteiger partial charge in [-0.1, -0.05) is 122 Å². The number of carbonyl (C=O) groups is 2. The van der Waals surface area contributed by atoms with E-state index in [2.05, 4.69) is 38.2 Å². The number of allylic oxidation sites excluding steroid dienone is 4. The number of ether oxygens (including phenoxy) is 2. The van der Waals surface area contributed by atoms with Crippen molar-refractivity contribution in [3.8, 4) is 0 Å². The van der Waals surface area contributed by atoms with Crippen LogP contribution in [-0.2, 0) is 32.7 Å². The zero-order valence-electron chi connectivity index (χ0n) is 31.4. The number of rotatable bonds is 34. The predicted octanol–water partition coefficient (Wildman–Crippen LogP) is 9.38. The standard InChI is InChI=1S/C38H72NO8P/c1-6-8-10-12-14-15-16-17-18-19-20-21-22-23-25-27-29-31-38(41)47-36(35-46-48(42,43)45-33-32-39(3,4)5)34-44-37(40)30-28-26-24-13-11-9-7-2/h14-15,17-18,36H,6-13,16,19-35H2,1-5H3/b15-14+,18-17+/t36-/m1/s1. The zero-order chi connectivity index (χ0) is 35.8. The van der Waals surface area contributed by atoms with Gasteiger partial charge in [0.15, 0.2) is 6.10 Å². The molecule has 0 bridgehead atoms. The maximum atomic E-state index is 12.6. The third kappa shape index (κ3) is 34.4. The van der Waals surface area contributed by atoms with Crippen LogP contribution in [0.4, 0.5) is 0 Å². The van der Waals surface area contributed by atoms with Crippen LogP contribution in [0, 0.1) is 0 Å². The number of nitrogens with zero attached hydrogens (tertiary/aromatic N) is 1. The van der Waals surface area contributed by atoms with Gasteiger partial charge in [0.2, 0.25) is 0 Å². The third-order valence-corrected chi connectivity index (χ3v) is 8.94. The van der Waals surface area contributed by atoms with Gasteiger partial charge in [-0.3, -0.25) is 14.2 Å². The Kier molecular flexibility index (Phi) is 30.5. The number of hydrogen-bond donors (Lipinski definition) is 0. The highest BCUT2D eigenvalue weighted by molar-refractivity contribution is 7.45. The molecule has 0 aromatic rings. The number of quaternary nitrogens is 1. The first-order chi connectivity index (χ1) is 23.0. The molecular weight excluding hydrogens is 629 g/mol. The third-order valence-electron chi connectivity index (χ3n) is 7.97. The van der Waals surface area contributed by atoms with Crippen molar-refractivity contribution < 1.29 is 42.1 Å². The lowest BCUT2D eigenvalue weighted by Gasteiger charge is -2.28. The van der Waals surface area contributed by atoms with Gasteiger partial charge in [-0.15, -0.1) is 0 Å². The maximum absolute atomic E-state index is 12.6. The molecule has 0 aliphatic rings. The largest absolute Gasteiger partial charge is 0.756 e. The summed E-state index contributed by atoms with van der Waals surface area (Å²) in [6.45, 7) is 4.13. The van der Waals surface area contributed by atoms with Crippen molar-refractivity contribution in [3.05, 3.63) is 24.3 Å². The minimum absolute atomic E-state index is 0.0314. The van der Waals surface area contributed by atoms with Crippen LogP contribution in [0.15, 0.2) is 24.3 Å². The summed E-state index contributed by atoms with van der Waals surface area (Å²) in [5.74, 6) is -0.851. The van der Waals surface area contributed by atoms with E-state index >= 15 is 0 Å². The molecule has 9 nitrogen and oxygen atoms in total. The lowest BCUT2D eigenvalue weighted by Crippen LogP contribution is -2.37. The first-order valence-electron chi connectivity index (χ1n) is 19.0. The molecule has 282 valence electrons. The van der Waals surface area contributed by atoms with Crippen molar-refractivity contribution >= 4 is 19.8 Å². The number of carbonyl (C=O) groups excluding carboxylic acids is 2. The molecule has 0 rings (SSSR count). The highest BCUT2D eigenvalue weighted by Gasteiger charge is 2.21. The summed E-state index contributed by atoms with van der Waals surface area (Å²) in [4.78, 5) is 37.2. The van der Waals surface area contributed by atoms with Crippen LogP contribution in [0.2, 0.25) is 0 Å². The molecule has 0 aromatic carbocycles. The number of unbranched alkanes of at least 4 members (excludes halogenated alkanes) is 16. The summed E-state index contributed by atoms with van der Waals surface area (Å²) in [6, 6.07) is 0. The van der Waals surface area contributed by atoms with Gasteiger partial charge in [-0.05, 0) is 44.9 Å². The second kappa shape index (κ2) is 31.5. The molecule has 0 aliphatic carbocycles. The van der Waals surface area contributed by atoms with E-state index in [-0.39, 0.29) is 26.1 Å². The van der Waals surface area contributed by atoms with Crippen LogP contribution in [-0.4, -0.2) is 70.0 Å². The topological polar surface area (TPSA) is 111 Å². The van der Waals surface area contributed by atoms with Gasteiger partial charge in [0.05, 0.1) is 27.7 Å². The number of likely N-dealkylation sites (N-methyl/N-ethyl adjacent to an activating group) is 1. The molecule has 0 radical (unpaired) electrons. The summed E-state index contributed by atoms with van der Waals surface area (Å²) < 4.78 is 33.6. The molecule has 1 unspecified atom stereocenters. The highest BCUT2D eigenvalue weighted by Crippen LogP contribution is 2.38. The van der Waals surface area contributed by atoms with E-state index in [9.17, 15) is 19.0 Å². The molecule has 0 aliphatic heterocycles. The van der Waals surface area contributed by atoms with Gasteiger partial charge in [0.1, 0.15) is 19.8 Å². The normalized spacial score (nSPS) is 14.0. The van der Waals surface area contributed by atoms with Crippen molar-refractivity contribution in [2.45, 2.75) is 161 Å². The van der Waals surface area contributed by atoms with Crippen molar-refractivity contribution in [2.24, 2.45) is 0 Å². The van der Waals surface area contributed by atoms with Gasteiger partial charge in [-0.2, -0.15) is 0 Å². The van der Waals surface area contributed by atoms with Crippen molar-refractivity contribution in [2.75, 3.05) is 47.5 Å². The van der Waals surface area contributed by atoms with Gasteiger partial charge < -0.3 is 27.9 Å². The molecule has 10 heteroatoms. The Morgan fingerprint density at radius 3 is 1.69 bits per heavy atom. The van der Waals surface area contributed by atoms with E-state index in [1.165, 1.54) is 70.6 Å². The fourth-order valence-electron chi connectivity index (χ4n) is 4.92.